The molecular formula is C25H24N4OS. The second-order valence-electron chi connectivity index (χ2n) is 7.60. The molecule has 1 aliphatic rings. The van der Waals surface area contributed by atoms with Crippen molar-refractivity contribution >= 4 is 11.8 Å². The highest BCUT2D eigenvalue weighted by Crippen LogP contribution is 2.45. The van der Waals surface area contributed by atoms with Crippen molar-refractivity contribution in [3.63, 3.8) is 0 Å². The number of nitrogens with zero attached hydrogens (tertiary/aromatic N) is 4. The zero-order chi connectivity index (χ0) is 21.6. The van der Waals surface area contributed by atoms with E-state index in [0.29, 0.717) is 30.3 Å². The number of nitriles is 2. The molecule has 0 aliphatic heterocycles. The Labute approximate surface area is 187 Å². The Kier molecular flexibility index (Phi) is 6.72. The lowest BCUT2D eigenvalue weighted by Gasteiger charge is -2.11. The van der Waals surface area contributed by atoms with Gasteiger partial charge in [0.15, 0.2) is 0 Å². The molecule has 1 saturated carbocycles. The lowest BCUT2D eigenvalue weighted by Crippen LogP contribution is -2.07. The topological polar surface area (TPSA) is 74.6 Å². The van der Waals surface area contributed by atoms with Crippen LogP contribution in [0.1, 0.15) is 53.9 Å². The van der Waals surface area contributed by atoms with Crippen LogP contribution in [0.2, 0.25) is 0 Å². The third-order valence-corrected chi connectivity index (χ3v) is 6.36. The van der Waals surface area contributed by atoms with E-state index in [2.05, 4.69) is 35.8 Å². The Bertz CT molecular complexity index is 1100. The van der Waals surface area contributed by atoms with Gasteiger partial charge in [0.05, 0.1) is 42.2 Å². The first-order valence-electron chi connectivity index (χ1n) is 10.6. The van der Waals surface area contributed by atoms with E-state index in [0.717, 1.165) is 34.4 Å². The third kappa shape index (κ3) is 5.17. The van der Waals surface area contributed by atoms with E-state index < -0.39 is 0 Å². The van der Waals surface area contributed by atoms with Crippen LogP contribution in [0.3, 0.4) is 0 Å². The highest BCUT2D eigenvalue weighted by molar-refractivity contribution is 7.99. The van der Waals surface area contributed by atoms with Crippen molar-refractivity contribution in [3.8, 4) is 12.1 Å². The molecule has 4 rings (SSSR count). The Hall–Kier alpha value is -3.06. The Morgan fingerprint density at radius 1 is 1.10 bits per heavy atom. The van der Waals surface area contributed by atoms with E-state index in [1.54, 1.807) is 17.8 Å². The van der Waals surface area contributed by atoms with Gasteiger partial charge in [-0.1, -0.05) is 42.1 Å². The van der Waals surface area contributed by atoms with Gasteiger partial charge in [0, 0.05) is 23.8 Å². The third-order valence-electron chi connectivity index (χ3n) is 5.27. The van der Waals surface area contributed by atoms with Crippen molar-refractivity contribution in [2.24, 2.45) is 0 Å². The maximum Gasteiger partial charge on any atom is 0.112 e. The first-order chi connectivity index (χ1) is 15.2. The molecule has 1 aliphatic carbocycles. The second kappa shape index (κ2) is 9.83. The molecule has 1 aromatic heterocycles. The Balaban J connectivity index is 1.53. The number of imidazole rings is 1. The van der Waals surface area contributed by atoms with Gasteiger partial charge in [-0.05, 0) is 43.5 Å². The normalized spacial score (nSPS) is 13.0. The number of hydrogen-bond donors (Lipinski definition) is 0. The Morgan fingerprint density at radius 2 is 1.81 bits per heavy atom. The molecule has 0 saturated heterocycles. The summed E-state index contributed by atoms with van der Waals surface area (Å²) in [5.74, 6) is 1.55. The molecule has 5 nitrogen and oxygen atoms in total. The largest absolute Gasteiger partial charge is 0.376 e. The molecule has 0 radical (unpaired) electrons. The molecule has 156 valence electrons. The lowest BCUT2D eigenvalue weighted by atomic mass is 10.1. The standard InChI is InChI=1S/C25H24N4OS/c1-2-29-23(10-11-30-17-18-6-4-3-5-7-18)28-24(21-8-9-21)25(29)31-22-13-19(15-26)12-20(14-22)16-27/h3-7,12-14,21H,2,8-11,17H2,1H3. The van der Waals surface area contributed by atoms with Gasteiger partial charge in [0.25, 0.3) is 0 Å². The van der Waals surface area contributed by atoms with Crippen molar-refractivity contribution in [2.45, 2.75) is 55.2 Å². The SMILES string of the molecule is CCn1c(CCOCc2ccccc2)nc(C2CC2)c1Sc1cc(C#N)cc(C#N)c1. The van der Waals surface area contributed by atoms with Gasteiger partial charge >= 0.3 is 0 Å². The summed E-state index contributed by atoms with van der Waals surface area (Å²) in [7, 11) is 0. The average molecular weight is 429 g/mol. The van der Waals surface area contributed by atoms with Crippen molar-refractivity contribution in [1.29, 1.82) is 10.5 Å². The van der Waals surface area contributed by atoms with Gasteiger partial charge in [0.1, 0.15) is 10.9 Å². The highest BCUT2D eigenvalue weighted by Gasteiger charge is 2.31. The molecule has 0 bridgehead atoms. The molecule has 6 heteroatoms. The van der Waals surface area contributed by atoms with E-state index in [1.165, 1.54) is 18.4 Å². The van der Waals surface area contributed by atoms with Gasteiger partial charge in [-0.3, -0.25) is 0 Å². The van der Waals surface area contributed by atoms with Gasteiger partial charge in [-0.15, -0.1) is 0 Å². The molecule has 0 N–H and O–H groups in total. The number of ether oxygens (including phenoxy) is 1. The van der Waals surface area contributed by atoms with E-state index in [9.17, 15) is 10.5 Å². The first kappa shape index (κ1) is 21.2. The van der Waals surface area contributed by atoms with Crippen molar-refractivity contribution in [2.75, 3.05) is 6.61 Å². The fourth-order valence-corrected chi connectivity index (χ4v) is 4.83. The molecule has 0 spiro atoms. The van der Waals surface area contributed by atoms with Gasteiger partial charge in [-0.2, -0.15) is 10.5 Å². The highest BCUT2D eigenvalue weighted by atomic mass is 32.2. The van der Waals surface area contributed by atoms with Crippen LogP contribution < -0.4 is 0 Å². The number of benzene rings is 2. The summed E-state index contributed by atoms with van der Waals surface area (Å²) >= 11 is 1.61. The summed E-state index contributed by atoms with van der Waals surface area (Å²) in [6.07, 6.45) is 3.09. The van der Waals surface area contributed by atoms with Crippen LogP contribution in [0, 0.1) is 22.7 Å². The van der Waals surface area contributed by atoms with Crippen LogP contribution in [0.25, 0.3) is 0 Å². The van der Waals surface area contributed by atoms with Gasteiger partial charge in [-0.25, -0.2) is 4.98 Å². The van der Waals surface area contributed by atoms with Crippen molar-refractivity contribution < 1.29 is 4.74 Å². The summed E-state index contributed by atoms with van der Waals surface area (Å²) in [4.78, 5) is 5.90. The zero-order valence-corrected chi connectivity index (χ0v) is 18.4. The smallest absolute Gasteiger partial charge is 0.112 e. The fraction of sp³-hybridized carbons (Fsp3) is 0.320. The predicted octanol–water partition coefficient (Wildman–Crippen LogP) is 5.43. The van der Waals surface area contributed by atoms with Crippen LogP contribution in [0.4, 0.5) is 0 Å². The molecule has 1 heterocycles. The van der Waals surface area contributed by atoms with Gasteiger partial charge < -0.3 is 9.30 Å². The van der Waals surface area contributed by atoms with Crippen LogP contribution in [0.15, 0.2) is 58.5 Å². The summed E-state index contributed by atoms with van der Waals surface area (Å²) in [5.41, 5.74) is 3.32. The summed E-state index contributed by atoms with van der Waals surface area (Å²) < 4.78 is 8.15. The summed E-state index contributed by atoms with van der Waals surface area (Å²) in [5, 5.41) is 19.7. The first-order valence-corrected chi connectivity index (χ1v) is 11.4. The number of hydrogen-bond acceptors (Lipinski definition) is 5. The lowest BCUT2D eigenvalue weighted by molar-refractivity contribution is 0.122. The van der Waals surface area contributed by atoms with E-state index in [4.69, 9.17) is 9.72 Å². The van der Waals surface area contributed by atoms with Crippen LogP contribution >= 0.6 is 11.8 Å². The minimum atomic E-state index is 0.506. The van der Waals surface area contributed by atoms with E-state index >= 15 is 0 Å². The van der Waals surface area contributed by atoms with Gasteiger partial charge in [0.2, 0.25) is 0 Å². The second-order valence-corrected chi connectivity index (χ2v) is 8.66. The molecule has 0 atom stereocenters. The molecular weight excluding hydrogens is 404 g/mol. The molecule has 0 amide bonds. The quantitative estimate of drug-likeness (QED) is 0.425. The maximum absolute atomic E-state index is 9.31. The van der Waals surface area contributed by atoms with Crippen LogP contribution in [-0.2, 0) is 24.3 Å². The summed E-state index contributed by atoms with van der Waals surface area (Å²) in [6.45, 7) is 4.16. The molecule has 31 heavy (non-hydrogen) atoms. The fourth-order valence-electron chi connectivity index (χ4n) is 3.58. The predicted molar refractivity (Wildman–Crippen MR) is 120 cm³/mol. The number of aromatic nitrogens is 2. The summed E-state index contributed by atoms with van der Waals surface area (Å²) in [6, 6.07) is 19.8. The van der Waals surface area contributed by atoms with Crippen molar-refractivity contribution in [3.05, 3.63) is 76.7 Å². The zero-order valence-electron chi connectivity index (χ0n) is 17.5. The minimum Gasteiger partial charge on any atom is -0.376 e. The molecule has 1 fully saturated rings. The average Bonchev–Trinajstić information content (AvgIpc) is 3.60. The van der Waals surface area contributed by atoms with E-state index in [1.807, 2.05) is 30.3 Å². The Morgan fingerprint density at radius 3 is 2.42 bits per heavy atom. The molecule has 3 aromatic rings. The minimum absolute atomic E-state index is 0.506. The van der Waals surface area contributed by atoms with Crippen molar-refractivity contribution in [1.82, 2.24) is 9.55 Å². The molecule has 2 aromatic carbocycles. The van der Waals surface area contributed by atoms with E-state index in [-0.39, 0.29) is 0 Å². The monoisotopic (exact) mass is 428 g/mol. The maximum atomic E-state index is 9.31. The number of rotatable bonds is 9. The van der Waals surface area contributed by atoms with Crippen LogP contribution in [-0.4, -0.2) is 16.2 Å². The van der Waals surface area contributed by atoms with Crippen LogP contribution in [0.5, 0.6) is 0 Å². The molecule has 0 unspecified atom stereocenters.